The minimum atomic E-state index is -0.148. The Morgan fingerprint density at radius 1 is 0.444 bits per heavy atom. The average molecular weight is 799 g/mol. The third-order valence-corrected chi connectivity index (χ3v) is 9.64. The molecule has 4 heterocycles. The maximum atomic E-state index is 13.2. The quantitative estimate of drug-likeness (QED) is 0.175. The summed E-state index contributed by atoms with van der Waals surface area (Å²) in [6.07, 6.45) is 0. The topological polar surface area (TPSA) is 111 Å². The Labute approximate surface area is 329 Å². The Bertz CT molecular complexity index is 2530. The fourth-order valence-electron chi connectivity index (χ4n) is 6.15. The van der Waals surface area contributed by atoms with Gasteiger partial charge in [0.25, 0.3) is 11.1 Å². The van der Waals surface area contributed by atoms with Gasteiger partial charge in [-0.15, -0.1) is 0 Å². The highest BCUT2D eigenvalue weighted by atomic mass is 35.5. The van der Waals surface area contributed by atoms with Crippen molar-refractivity contribution in [3.05, 3.63) is 173 Å². The third-order valence-electron chi connectivity index (χ3n) is 8.63. The lowest BCUT2D eigenvalue weighted by Gasteiger charge is -2.06. The number of aryl methyl sites for hydroxylation is 4. The number of nitrogens with one attached hydrogen (secondary N) is 2. The predicted molar refractivity (Wildman–Crippen MR) is 217 cm³/mol. The predicted octanol–water partition coefficient (Wildman–Crippen LogP) is 9.88. The molecular weight excluding hydrogens is 766 g/mol. The molecule has 4 aromatic heterocycles. The van der Waals surface area contributed by atoms with E-state index >= 15 is 0 Å². The molecule has 4 aromatic carbocycles. The van der Waals surface area contributed by atoms with Crippen LogP contribution in [0.4, 0.5) is 0 Å². The minimum Gasteiger partial charge on any atom is -0.295 e. The van der Waals surface area contributed by atoms with Crippen molar-refractivity contribution in [2.24, 2.45) is 0 Å². The van der Waals surface area contributed by atoms with Crippen molar-refractivity contribution in [2.75, 3.05) is 0 Å². The summed E-state index contributed by atoms with van der Waals surface area (Å²) in [5, 5.41) is 17.9. The monoisotopic (exact) mass is 796 g/mol. The van der Waals surface area contributed by atoms with Gasteiger partial charge in [-0.2, -0.15) is 10.2 Å². The number of rotatable bonds is 6. The van der Waals surface area contributed by atoms with E-state index in [1.165, 1.54) is 9.36 Å². The van der Waals surface area contributed by atoms with E-state index in [4.69, 9.17) is 46.4 Å². The van der Waals surface area contributed by atoms with Gasteiger partial charge in [-0.05, 0) is 137 Å². The van der Waals surface area contributed by atoms with E-state index in [0.717, 1.165) is 45.5 Å². The number of nitrogens with zero attached hydrogens (tertiary/aromatic N) is 6. The molecule has 0 spiro atoms. The fraction of sp³-hybridized carbons (Fsp3) is 0.100. The van der Waals surface area contributed by atoms with Gasteiger partial charge in [0, 0.05) is 31.5 Å². The van der Waals surface area contributed by atoms with Gasteiger partial charge in [0.1, 0.15) is 0 Å². The smallest absolute Gasteiger partial charge is 0.280 e. The van der Waals surface area contributed by atoms with Crippen molar-refractivity contribution >= 4 is 46.4 Å². The first-order chi connectivity index (χ1) is 25.9. The van der Waals surface area contributed by atoms with Gasteiger partial charge in [0.15, 0.2) is 0 Å². The first-order valence-corrected chi connectivity index (χ1v) is 18.2. The number of aromatic amines is 2. The van der Waals surface area contributed by atoms with Crippen molar-refractivity contribution in [1.82, 2.24) is 39.1 Å². The van der Waals surface area contributed by atoms with Crippen LogP contribution in [0.2, 0.25) is 20.1 Å². The summed E-state index contributed by atoms with van der Waals surface area (Å²) < 4.78 is 6.54. The molecule has 14 heteroatoms. The summed E-state index contributed by atoms with van der Waals surface area (Å²) in [5.74, 6) is 0. The van der Waals surface area contributed by atoms with Gasteiger partial charge in [-0.3, -0.25) is 19.8 Å². The van der Waals surface area contributed by atoms with E-state index < -0.39 is 0 Å². The number of halogens is 4. The normalized spacial score (nSPS) is 11.1. The van der Waals surface area contributed by atoms with Crippen LogP contribution in [-0.2, 0) is 0 Å². The Hall–Kier alpha value is -5.52. The zero-order valence-corrected chi connectivity index (χ0v) is 32.4. The average Bonchev–Trinajstić information content (AvgIpc) is 3.88. The first-order valence-electron chi connectivity index (χ1n) is 16.7. The van der Waals surface area contributed by atoms with Crippen LogP contribution in [0.25, 0.3) is 45.3 Å². The summed E-state index contributed by atoms with van der Waals surface area (Å²) in [5.41, 5.74) is 8.53. The highest BCUT2D eigenvalue weighted by Crippen LogP contribution is 2.27. The summed E-state index contributed by atoms with van der Waals surface area (Å²) >= 11 is 23.9. The van der Waals surface area contributed by atoms with Crippen LogP contribution < -0.4 is 11.1 Å². The number of hydrogen-bond donors (Lipinski definition) is 2. The largest absolute Gasteiger partial charge is 0.295 e. The van der Waals surface area contributed by atoms with Gasteiger partial charge in [0.05, 0.1) is 56.7 Å². The van der Waals surface area contributed by atoms with Crippen molar-refractivity contribution in [1.29, 1.82) is 0 Å². The Kier molecular flexibility index (Phi) is 10.3. The van der Waals surface area contributed by atoms with E-state index in [9.17, 15) is 9.59 Å². The van der Waals surface area contributed by atoms with Crippen LogP contribution in [0.1, 0.15) is 22.8 Å². The van der Waals surface area contributed by atoms with Crippen molar-refractivity contribution in [3.63, 3.8) is 0 Å². The molecule has 0 radical (unpaired) electrons. The van der Waals surface area contributed by atoms with Crippen LogP contribution in [0.5, 0.6) is 0 Å². The van der Waals surface area contributed by atoms with Crippen LogP contribution >= 0.6 is 46.4 Å². The lowest BCUT2D eigenvalue weighted by atomic mass is 10.1. The second-order valence-electron chi connectivity index (χ2n) is 12.6. The van der Waals surface area contributed by atoms with E-state index in [-0.39, 0.29) is 11.1 Å². The zero-order valence-electron chi connectivity index (χ0n) is 29.4. The van der Waals surface area contributed by atoms with Crippen molar-refractivity contribution < 1.29 is 0 Å². The van der Waals surface area contributed by atoms with Gasteiger partial charge in [-0.25, -0.2) is 18.7 Å². The molecule has 0 fully saturated rings. The third kappa shape index (κ3) is 7.34. The standard InChI is InChI=1S/2C20H16Cl2N4O/c2*1-12-11-18(25(23-12)16-7-3-14(21)4-8-16)19-13(2)24-26(20(19)27)17-9-5-15(22)6-10-17/h2*3-11,24H,1-2H3. The van der Waals surface area contributed by atoms with Gasteiger partial charge in [-0.1, -0.05) is 46.4 Å². The van der Waals surface area contributed by atoms with Crippen LogP contribution in [0.3, 0.4) is 0 Å². The molecule has 10 nitrogen and oxygen atoms in total. The molecule has 2 N–H and O–H groups in total. The summed E-state index contributed by atoms with van der Waals surface area (Å²) in [4.78, 5) is 26.3. The Morgan fingerprint density at radius 2 is 0.722 bits per heavy atom. The maximum Gasteiger partial charge on any atom is 0.280 e. The number of benzene rings is 4. The molecule has 0 saturated carbocycles. The van der Waals surface area contributed by atoms with E-state index in [0.29, 0.717) is 42.6 Å². The maximum absolute atomic E-state index is 13.2. The van der Waals surface area contributed by atoms with E-state index in [1.807, 2.05) is 64.1 Å². The van der Waals surface area contributed by atoms with Crippen LogP contribution in [0.15, 0.2) is 119 Å². The first kappa shape index (κ1) is 36.8. The lowest BCUT2D eigenvalue weighted by Crippen LogP contribution is -2.16. The highest BCUT2D eigenvalue weighted by Gasteiger charge is 2.21. The number of H-pyrrole nitrogens is 2. The molecule has 272 valence electrons. The number of hydrogen-bond acceptors (Lipinski definition) is 4. The Balaban J connectivity index is 0.000000167. The molecule has 0 saturated heterocycles. The van der Waals surface area contributed by atoms with E-state index in [1.54, 1.807) is 82.2 Å². The summed E-state index contributed by atoms with van der Waals surface area (Å²) in [6, 6.07) is 32.7. The van der Waals surface area contributed by atoms with Gasteiger partial charge < -0.3 is 0 Å². The molecule has 0 aliphatic rings. The summed E-state index contributed by atoms with van der Waals surface area (Å²) in [7, 11) is 0. The molecule has 0 bridgehead atoms. The van der Waals surface area contributed by atoms with Crippen LogP contribution in [-0.4, -0.2) is 39.1 Å². The minimum absolute atomic E-state index is 0.148. The number of aromatic nitrogens is 8. The van der Waals surface area contributed by atoms with E-state index in [2.05, 4.69) is 20.4 Å². The zero-order chi connectivity index (χ0) is 38.3. The molecule has 0 aliphatic heterocycles. The van der Waals surface area contributed by atoms with Gasteiger partial charge in [0.2, 0.25) is 0 Å². The second-order valence-corrected chi connectivity index (χ2v) is 14.3. The fourth-order valence-corrected chi connectivity index (χ4v) is 6.66. The van der Waals surface area contributed by atoms with Gasteiger partial charge >= 0.3 is 0 Å². The molecule has 8 rings (SSSR count). The molecule has 54 heavy (non-hydrogen) atoms. The molecule has 0 unspecified atom stereocenters. The van der Waals surface area contributed by atoms with Crippen molar-refractivity contribution in [3.8, 4) is 45.3 Å². The molecular formula is C40H32Cl4N8O2. The molecule has 8 aromatic rings. The van der Waals surface area contributed by atoms with Crippen molar-refractivity contribution in [2.45, 2.75) is 27.7 Å². The molecule has 0 amide bonds. The summed E-state index contributed by atoms with van der Waals surface area (Å²) in [6.45, 7) is 7.54. The SMILES string of the molecule is Cc1cc(-c2c(C)[nH]n(-c3ccc(Cl)cc3)c2=O)n(-c2ccc(Cl)cc2)n1.Cc1cc(-c2c(C)[nH]n(-c3ccc(Cl)cc3)c2=O)n(-c2ccc(Cl)cc2)n1. The Morgan fingerprint density at radius 3 is 1.02 bits per heavy atom. The van der Waals surface area contributed by atoms with Crippen LogP contribution in [0, 0.1) is 27.7 Å². The highest BCUT2D eigenvalue weighted by molar-refractivity contribution is 6.31. The molecule has 0 aliphatic carbocycles. The molecule has 0 atom stereocenters. The second kappa shape index (κ2) is 15.1. The lowest BCUT2D eigenvalue weighted by molar-refractivity contribution is 0.835.